The first-order valence-corrected chi connectivity index (χ1v) is 20.7. The molecule has 9 heteroatoms. The smallest absolute Gasteiger partial charge is 0.372 e. The van der Waals surface area contributed by atoms with Gasteiger partial charge in [-0.15, -0.1) is 6.42 Å². The molecule has 0 radical (unpaired) electrons. The van der Waals surface area contributed by atoms with Gasteiger partial charge in [-0.2, -0.15) is 0 Å². The van der Waals surface area contributed by atoms with E-state index >= 15 is 0 Å². The Balaban J connectivity index is 1.43. The van der Waals surface area contributed by atoms with Gasteiger partial charge in [-0.3, -0.25) is 4.31 Å². The SMILES string of the molecule is C#CC#CC#CC#CC#CC#CC#CC#CC#COP1OCC2(CO1)COP(OPCCCCCCCCCCCCCCCCCC)OC2. The number of unbranched alkanes of at least 4 members (excludes halogenated alkanes) is 15. The lowest BCUT2D eigenvalue weighted by Gasteiger charge is -2.40. The molecule has 1 unspecified atom stereocenters. The normalized spacial score (nSPS) is 18.4. The topological polar surface area (TPSA) is 55.4 Å². The molecule has 2 rings (SSSR count). The molecule has 1 atom stereocenters. The first-order chi connectivity index (χ1) is 24.8. The van der Waals surface area contributed by atoms with Crippen molar-refractivity contribution in [2.24, 2.45) is 5.41 Å². The van der Waals surface area contributed by atoms with Crippen molar-refractivity contribution in [3.05, 3.63) is 0 Å². The average molecular weight is 729 g/mol. The van der Waals surface area contributed by atoms with Crippen molar-refractivity contribution >= 4 is 26.0 Å². The van der Waals surface area contributed by atoms with E-state index in [-0.39, 0.29) is 5.41 Å². The highest BCUT2D eigenvalue weighted by atomic mass is 31.2. The molecule has 0 N–H and O–H groups in total. The quantitative estimate of drug-likeness (QED) is 0.0709. The minimum atomic E-state index is -1.59. The van der Waals surface area contributed by atoms with Crippen molar-refractivity contribution in [1.82, 2.24) is 0 Å². The third kappa shape index (κ3) is 24.1. The second-order valence-corrected chi connectivity index (χ2v) is 15.2. The molecule has 0 aromatic heterocycles. The maximum atomic E-state index is 5.88. The molecule has 50 heavy (non-hydrogen) atoms. The lowest BCUT2D eigenvalue weighted by atomic mass is 9.93. The van der Waals surface area contributed by atoms with E-state index in [4.69, 9.17) is 33.4 Å². The van der Waals surface area contributed by atoms with Crippen molar-refractivity contribution in [1.29, 1.82) is 0 Å². The van der Waals surface area contributed by atoms with Crippen LogP contribution >= 0.6 is 26.0 Å². The van der Waals surface area contributed by atoms with E-state index in [9.17, 15) is 0 Å². The molecule has 2 heterocycles. The van der Waals surface area contributed by atoms with Gasteiger partial charge in [0.25, 0.3) is 0 Å². The van der Waals surface area contributed by atoms with E-state index in [1.54, 1.807) is 0 Å². The summed E-state index contributed by atoms with van der Waals surface area (Å²) in [7, 11) is -2.50. The van der Waals surface area contributed by atoms with E-state index in [1.807, 2.05) is 0 Å². The van der Waals surface area contributed by atoms with Crippen LogP contribution in [0.15, 0.2) is 0 Å². The summed E-state index contributed by atoms with van der Waals surface area (Å²) in [4.78, 5) is 0. The van der Waals surface area contributed by atoms with E-state index in [0.29, 0.717) is 35.2 Å². The lowest BCUT2D eigenvalue weighted by molar-refractivity contribution is -0.0678. The molecule has 2 aliphatic heterocycles. The third-order valence-corrected chi connectivity index (χ3v) is 10.6. The van der Waals surface area contributed by atoms with Crippen molar-refractivity contribution < 1.29 is 26.9 Å². The molecule has 0 saturated carbocycles. The molecule has 6 nitrogen and oxygen atoms in total. The molecule has 2 aliphatic rings. The van der Waals surface area contributed by atoms with Crippen molar-refractivity contribution in [2.45, 2.75) is 110 Å². The maximum Gasteiger partial charge on any atom is 0.406 e. The second-order valence-electron chi connectivity index (χ2n) is 11.5. The number of hydrogen-bond donors (Lipinski definition) is 0. The first kappa shape index (κ1) is 43.1. The van der Waals surface area contributed by atoms with Gasteiger partial charge in [0.15, 0.2) is 0 Å². The van der Waals surface area contributed by atoms with E-state index in [0.717, 1.165) is 6.16 Å². The molecule has 262 valence electrons. The molecular weight excluding hydrogens is 681 g/mol. The fraction of sp³-hybridized carbons (Fsp3) is 0.561. The van der Waals surface area contributed by atoms with Gasteiger partial charge in [0.1, 0.15) is 6.11 Å². The largest absolute Gasteiger partial charge is 0.406 e. The Morgan fingerprint density at radius 1 is 0.500 bits per heavy atom. The van der Waals surface area contributed by atoms with Gasteiger partial charge in [-0.1, -0.05) is 103 Å². The van der Waals surface area contributed by atoms with Gasteiger partial charge in [0.2, 0.25) is 0 Å². The van der Waals surface area contributed by atoms with Gasteiger partial charge >= 0.3 is 17.2 Å². The molecule has 1 spiro atoms. The van der Waals surface area contributed by atoms with Gasteiger partial charge in [-0.05, 0) is 59.9 Å². The first-order valence-electron chi connectivity index (χ1n) is 17.4. The zero-order chi connectivity index (χ0) is 35.5. The molecule has 0 bridgehead atoms. The maximum absolute atomic E-state index is 5.88. The summed E-state index contributed by atoms with van der Waals surface area (Å²) in [6, 6.07) is 0. The second kappa shape index (κ2) is 31.9. The van der Waals surface area contributed by atoms with Crippen LogP contribution in [0.1, 0.15) is 110 Å². The highest BCUT2D eigenvalue weighted by Gasteiger charge is 2.44. The van der Waals surface area contributed by atoms with Crippen molar-refractivity contribution in [3.8, 4) is 107 Å². The molecule has 2 saturated heterocycles. The zero-order valence-electron chi connectivity index (χ0n) is 29.3. The Morgan fingerprint density at radius 3 is 1.28 bits per heavy atom. The van der Waals surface area contributed by atoms with Crippen LogP contribution in [-0.2, 0) is 26.9 Å². The third-order valence-electron chi connectivity index (χ3n) is 7.29. The highest BCUT2D eigenvalue weighted by molar-refractivity contribution is 7.51. The minimum Gasteiger partial charge on any atom is -0.372 e. The lowest BCUT2D eigenvalue weighted by Crippen LogP contribution is -2.44. The fourth-order valence-corrected chi connectivity index (χ4v) is 8.05. The van der Waals surface area contributed by atoms with Crippen molar-refractivity contribution in [2.75, 3.05) is 32.6 Å². The van der Waals surface area contributed by atoms with Crippen molar-refractivity contribution in [3.63, 3.8) is 0 Å². The number of rotatable bonds is 20. The zero-order valence-corrected chi connectivity index (χ0v) is 32.1. The monoisotopic (exact) mass is 728 g/mol. The van der Waals surface area contributed by atoms with E-state index in [2.05, 4.69) is 108 Å². The minimum absolute atomic E-state index is 0.367. The summed E-state index contributed by atoms with van der Waals surface area (Å²) >= 11 is 0. The standard InChI is InChI=1S/C41H47O6P3/c1-3-5-7-9-11-13-15-17-19-21-23-25-27-29-31-33-35-42-49-43-37-41(38-44-49)39-45-50(46-40-41)47-48-36-34-32-30-28-26-24-22-20-18-16-14-12-10-8-6-4-2/h1,48H,4,6,8,10,12,14,16,18,20,22,24,26,28,30,32,34,36-40H2,2H3. The van der Waals surface area contributed by atoms with Gasteiger partial charge < -0.3 is 22.6 Å². The van der Waals surface area contributed by atoms with Crippen LogP contribution in [0.3, 0.4) is 0 Å². The average Bonchev–Trinajstić information content (AvgIpc) is 3.14. The Morgan fingerprint density at radius 2 is 0.860 bits per heavy atom. The molecule has 2 fully saturated rings. The van der Waals surface area contributed by atoms with Crippen LogP contribution in [0.25, 0.3) is 0 Å². The van der Waals surface area contributed by atoms with Crippen LogP contribution in [0.4, 0.5) is 0 Å². The number of terminal acetylenes is 1. The summed E-state index contributed by atoms with van der Waals surface area (Å²) < 4.78 is 34.4. The summed E-state index contributed by atoms with van der Waals surface area (Å²) in [5, 5.41) is 0. The highest BCUT2D eigenvalue weighted by Crippen LogP contribution is 2.55. The van der Waals surface area contributed by atoms with E-state index < -0.39 is 17.2 Å². The van der Waals surface area contributed by atoms with E-state index in [1.165, 1.54) is 103 Å². The molecule has 0 aliphatic carbocycles. The Labute approximate surface area is 307 Å². The van der Waals surface area contributed by atoms with Crippen LogP contribution in [0, 0.1) is 113 Å². The molecule has 0 aromatic rings. The van der Waals surface area contributed by atoms with Gasteiger partial charge in [0.05, 0.1) is 31.8 Å². The molecule has 0 amide bonds. The molecule has 0 aromatic carbocycles. The molecular formula is C41H47O6P3. The summed E-state index contributed by atoms with van der Waals surface area (Å²) in [5.74, 6) is 39.7. The van der Waals surface area contributed by atoms with Gasteiger partial charge in [0, 0.05) is 56.2 Å². The van der Waals surface area contributed by atoms with Crippen LogP contribution in [0.2, 0.25) is 0 Å². The number of hydrogen-bond acceptors (Lipinski definition) is 6. The summed E-state index contributed by atoms with van der Waals surface area (Å²) in [5.41, 5.74) is -0.367. The predicted molar refractivity (Wildman–Crippen MR) is 206 cm³/mol. The Hall–Kier alpha value is -3.07. The fourth-order valence-electron chi connectivity index (χ4n) is 4.56. The van der Waals surface area contributed by atoms with Crippen LogP contribution in [-0.4, -0.2) is 32.6 Å². The van der Waals surface area contributed by atoms with Crippen LogP contribution < -0.4 is 0 Å². The van der Waals surface area contributed by atoms with Crippen LogP contribution in [0.5, 0.6) is 0 Å². The predicted octanol–water partition coefficient (Wildman–Crippen LogP) is 9.03. The Bertz CT molecular complexity index is 1520. The Kier molecular flexibility index (Phi) is 27.5. The summed E-state index contributed by atoms with van der Waals surface area (Å²) in [6.07, 6.45) is 30.6. The summed E-state index contributed by atoms with van der Waals surface area (Å²) in [6.45, 7) is 3.99. The van der Waals surface area contributed by atoms with Gasteiger partial charge in [-0.25, -0.2) is 0 Å².